The van der Waals surface area contributed by atoms with Gasteiger partial charge < -0.3 is 10.1 Å². The van der Waals surface area contributed by atoms with Crippen molar-refractivity contribution in [1.82, 2.24) is 0 Å². The molecule has 0 fully saturated rings. The molecule has 0 saturated heterocycles. The van der Waals surface area contributed by atoms with Crippen molar-refractivity contribution in [1.29, 1.82) is 0 Å². The van der Waals surface area contributed by atoms with Crippen molar-refractivity contribution in [2.45, 2.75) is 6.54 Å². The van der Waals surface area contributed by atoms with Crippen molar-refractivity contribution >= 4 is 5.69 Å². The second kappa shape index (κ2) is 5.49. The van der Waals surface area contributed by atoms with Crippen molar-refractivity contribution in [2.75, 3.05) is 12.4 Å². The summed E-state index contributed by atoms with van der Waals surface area (Å²) in [5.41, 5.74) is 1.17. The molecule has 2 rings (SSSR count). The van der Waals surface area contributed by atoms with Gasteiger partial charge in [-0.15, -0.1) is 0 Å². The van der Waals surface area contributed by atoms with E-state index in [1.54, 1.807) is 7.11 Å². The molecule has 0 bridgehead atoms. The Balaban J connectivity index is 2.11. The van der Waals surface area contributed by atoms with Gasteiger partial charge in [0, 0.05) is 18.2 Å². The Hall–Kier alpha value is -2.10. The first kappa shape index (κ1) is 12.4. The average Bonchev–Trinajstić information content (AvgIpc) is 2.38. The fourth-order valence-corrected chi connectivity index (χ4v) is 1.67. The lowest BCUT2D eigenvalue weighted by molar-refractivity contribution is 0.410. The van der Waals surface area contributed by atoms with E-state index in [1.807, 2.05) is 24.3 Å². The second-order valence-electron chi connectivity index (χ2n) is 3.79. The van der Waals surface area contributed by atoms with E-state index in [4.69, 9.17) is 4.74 Å². The fourth-order valence-electron chi connectivity index (χ4n) is 1.67. The van der Waals surface area contributed by atoms with E-state index in [0.717, 1.165) is 17.4 Å². The molecular formula is C14H13F2NO. The molecule has 0 atom stereocenters. The highest BCUT2D eigenvalue weighted by atomic mass is 19.1. The van der Waals surface area contributed by atoms with Crippen LogP contribution in [0.4, 0.5) is 14.5 Å². The minimum Gasteiger partial charge on any atom is -0.496 e. The van der Waals surface area contributed by atoms with Crippen LogP contribution in [0.2, 0.25) is 0 Å². The molecule has 0 aliphatic carbocycles. The minimum absolute atomic E-state index is 0.266. The van der Waals surface area contributed by atoms with Crippen molar-refractivity contribution in [2.24, 2.45) is 0 Å². The summed E-state index contributed by atoms with van der Waals surface area (Å²) in [6, 6.07) is 10.9. The van der Waals surface area contributed by atoms with Crippen LogP contribution in [0.1, 0.15) is 5.56 Å². The SMILES string of the molecule is COc1ccccc1CNc1ccc(F)cc1F. The van der Waals surface area contributed by atoms with Crippen LogP contribution in [0.15, 0.2) is 42.5 Å². The number of nitrogens with one attached hydrogen (secondary N) is 1. The summed E-state index contributed by atoms with van der Waals surface area (Å²) < 4.78 is 31.3. The van der Waals surface area contributed by atoms with E-state index in [1.165, 1.54) is 12.1 Å². The number of hydrogen-bond donors (Lipinski definition) is 1. The summed E-state index contributed by atoms with van der Waals surface area (Å²) in [4.78, 5) is 0. The zero-order chi connectivity index (χ0) is 13.0. The predicted molar refractivity (Wildman–Crippen MR) is 66.7 cm³/mol. The maximum atomic E-state index is 13.4. The molecule has 0 amide bonds. The first-order chi connectivity index (χ1) is 8.70. The van der Waals surface area contributed by atoms with Crippen LogP contribution >= 0.6 is 0 Å². The molecule has 0 radical (unpaired) electrons. The van der Waals surface area contributed by atoms with E-state index < -0.39 is 11.6 Å². The van der Waals surface area contributed by atoms with Crippen LogP contribution < -0.4 is 10.1 Å². The van der Waals surface area contributed by atoms with Crippen LogP contribution in [0.3, 0.4) is 0 Å². The van der Waals surface area contributed by atoms with Crippen molar-refractivity contribution in [3.63, 3.8) is 0 Å². The maximum absolute atomic E-state index is 13.4. The molecule has 94 valence electrons. The third kappa shape index (κ3) is 2.77. The zero-order valence-electron chi connectivity index (χ0n) is 9.91. The summed E-state index contributed by atoms with van der Waals surface area (Å²) in [5, 5.41) is 2.91. The number of methoxy groups -OCH3 is 1. The Morgan fingerprint density at radius 2 is 1.89 bits per heavy atom. The number of rotatable bonds is 4. The molecule has 0 aromatic heterocycles. The summed E-state index contributed by atoms with van der Waals surface area (Å²) in [5.74, 6) is -0.465. The lowest BCUT2D eigenvalue weighted by Gasteiger charge is -2.10. The van der Waals surface area contributed by atoms with Crippen LogP contribution in [0, 0.1) is 11.6 Å². The van der Waals surface area contributed by atoms with Gasteiger partial charge >= 0.3 is 0 Å². The molecule has 0 heterocycles. The van der Waals surface area contributed by atoms with Gasteiger partial charge in [0.2, 0.25) is 0 Å². The molecule has 1 N–H and O–H groups in total. The molecule has 2 aromatic rings. The highest BCUT2D eigenvalue weighted by molar-refractivity contribution is 5.46. The van der Waals surface area contributed by atoms with Gasteiger partial charge in [0.15, 0.2) is 0 Å². The van der Waals surface area contributed by atoms with Crippen molar-refractivity contribution in [3.05, 3.63) is 59.7 Å². The first-order valence-electron chi connectivity index (χ1n) is 5.51. The highest BCUT2D eigenvalue weighted by Crippen LogP contribution is 2.20. The molecule has 18 heavy (non-hydrogen) atoms. The topological polar surface area (TPSA) is 21.3 Å². The second-order valence-corrected chi connectivity index (χ2v) is 3.79. The summed E-state index contributed by atoms with van der Waals surface area (Å²) in [6.45, 7) is 0.409. The number of hydrogen-bond acceptors (Lipinski definition) is 2. The lowest BCUT2D eigenvalue weighted by Crippen LogP contribution is -2.03. The zero-order valence-corrected chi connectivity index (χ0v) is 9.91. The normalized spacial score (nSPS) is 10.2. The van der Waals surface area contributed by atoms with E-state index in [-0.39, 0.29) is 5.69 Å². The van der Waals surface area contributed by atoms with Crippen molar-refractivity contribution in [3.8, 4) is 5.75 Å². The van der Waals surface area contributed by atoms with Gasteiger partial charge in [0.1, 0.15) is 17.4 Å². The maximum Gasteiger partial charge on any atom is 0.149 e. The third-order valence-electron chi connectivity index (χ3n) is 2.59. The largest absolute Gasteiger partial charge is 0.496 e. The Morgan fingerprint density at radius 1 is 1.11 bits per heavy atom. The minimum atomic E-state index is -0.607. The van der Waals surface area contributed by atoms with Crippen LogP contribution in [-0.4, -0.2) is 7.11 Å². The van der Waals surface area contributed by atoms with E-state index in [0.29, 0.717) is 6.54 Å². The number of para-hydroxylation sites is 1. The Labute approximate surface area is 104 Å². The molecular weight excluding hydrogens is 236 g/mol. The Morgan fingerprint density at radius 3 is 2.61 bits per heavy atom. The third-order valence-corrected chi connectivity index (χ3v) is 2.59. The fraction of sp³-hybridized carbons (Fsp3) is 0.143. The van der Waals surface area contributed by atoms with Gasteiger partial charge in [-0.25, -0.2) is 8.78 Å². The van der Waals surface area contributed by atoms with Gasteiger partial charge in [0.25, 0.3) is 0 Å². The molecule has 2 nitrogen and oxygen atoms in total. The number of benzene rings is 2. The van der Waals surface area contributed by atoms with Gasteiger partial charge in [-0.05, 0) is 18.2 Å². The quantitative estimate of drug-likeness (QED) is 0.894. The molecule has 0 aliphatic heterocycles. The first-order valence-corrected chi connectivity index (χ1v) is 5.51. The van der Waals surface area contributed by atoms with Gasteiger partial charge in [-0.1, -0.05) is 18.2 Å². The Kier molecular flexibility index (Phi) is 3.77. The monoisotopic (exact) mass is 249 g/mol. The van der Waals surface area contributed by atoms with Crippen molar-refractivity contribution < 1.29 is 13.5 Å². The van der Waals surface area contributed by atoms with Gasteiger partial charge in [-0.2, -0.15) is 0 Å². The van der Waals surface area contributed by atoms with Gasteiger partial charge in [0.05, 0.1) is 12.8 Å². The highest BCUT2D eigenvalue weighted by Gasteiger charge is 2.05. The molecule has 0 saturated carbocycles. The Bertz CT molecular complexity index is 543. The number of halogens is 2. The summed E-state index contributed by atoms with van der Waals surface area (Å²) in [7, 11) is 1.58. The van der Waals surface area contributed by atoms with Crippen LogP contribution in [0.25, 0.3) is 0 Å². The lowest BCUT2D eigenvalue weighted by atomic mass is 10.2. The summed E-state index contributed by atoms with van der Waals surface area (Å²) >= 11 is 0. The van der Waals surface area contributed by atoms with E-state index >= 15 is 0 Å². The molecule has 0 unspecified atom stereocenters. The predicted octanol–water partition coefficient (Wildman–Crippen LogP) is 3.59. The molecule has 2 aromatic carbocycles. The number of anilines is 1. The molecule has 4 heteroatoms. The van der Waals surface area contributed by atoms with Crippen LogP contribution in [0.5, 0.6) is 5.75 Å². The summed E-state index contributed by atoms with van der Waals surface area (Å²) in [6.07, 6.45) is 0. The van der Waals surface area contributed by atoms with Gasteiger partial charge in [-0.3, -0.25) is 0 Å². The van der Waals surface area contributed by atoms with E-state index in [2.05, 4.69) is 5.32 Å². The van der Waals surface area contributed by atoms with E-state index in [9.17, 15) is 8.78 Å². The molecule has 0 spiro atoms. The standard InChI is InChI=1S/C14H13F2NO/c1-18-14-5-3-2-4-10(14)9-17-13-7-6-11(15)8-12(13)16/h2-8,17H,9H2,1H3. The number of ether oxygens (including phenoxy) is 1. The smallest absolute Gasteiger partial charge is 0.149 e. The average molecular weight is 249 g/mol. The molecule has 0 aliphatic rings. The van der Waals surface area contributed by atoms with Crippen LogP contribution in [-0.2, 0) is 6.54 Å².